The molecule has 0 saturated carbocycles. The second kappa shape index (κ2) is 7.06. The normalized spacial score (nSPS) is 12.2. The molecule has 2 rings (SSSR count). The Kier molecular flexibility index (Phi) is 5.13. The molecule has 2 N–H and O–H groups in total. The van der Waals surface area contributed by atoms with Gasteiger partial charge in [-0.05, 0) is 55.6 Å². The van der Waals surface area contributed by atoms with Crippen LogP contribution in [0.15, 0.2) is 48.5 Å². The summed E-state index contributed by atoms with van der Waals surface area (Å²) in [7, 11) is 0. The number of nitrogens with two attached hydrogens (primary N) is 1. The van der Waals surface area contributed by atoms with Crippen LogP contribution in [0, 0.1) is 12.7 Å². The first kappa shape index (κ1) is 14.5. The number of rotatable bonds is 6. The Morgan fingerprint density at radius 1 is 1.05 bits per heavy atom. The Bertz CT molecular complexity index is 522. The second-order valence-corrected chi connectivity index (χ2v) is 4.93. The molecule has 0 radical (unpaired) electrons. The van der Waals surface area contributed by atoms with Crippen LogP contribution in [0.5, 0.6) is 5.75 Å². The van der Waals surface area contributed by atoms with Crippen LogP contribution in [0.3, 0.4) is 0 Å². The van der Waals surface area contributed by atoms with Gasteiger partial charge in [-0.2, -0.15) is 0 Å². The highest BCUT2D eigenvalue weighted by atomic mass is 19.1. The van der Waals surface area contributed by atoms with Crippen molar-refractivity contribution in [1.29, 1.82) is 0 Å². The molecular formula is C17H20FNO. The molecule has 0 heterocycles. The van der Waals surface area contributed by atoms with E-state index >= 15 is 0 Å². The van der Waals surface area contributed by atoms with Crippen molar-refractivity contribution in [2.24, 2.45) is 5.73 Å². The molecule has 1 unspecified atom stereocenters. The molecule has 0 aromatic heterocycles. The highest BCUT2D eigenvalue weighted by Gasteiger charge is 2.10. The van der Waals surface area contributed by atoms with E-state index in [0.717, 1.165) is 17.7 Å². The Hall–Kier alpha value is -1.87. The van der Waals surface area contributed by atoms with Crippen LogP contribution in [0.25, 0.3) is 0 Å². The first-order valence-electron chi connectivity index (χ1n) is 6.84. The lowest BCUT2D eigenvalue weighted by Gasteiger charge is -2.15. The van der Waals surface area contributed by atoms with Gasteiger partial charge >= 0.3 is 0 Å². The average molecular weight is 273 g/mol. The number of halogens is 1. The largest absolute Gasteiger partial charge is 0.494 e. The van der Waals surface area contributed by atoms with Crippen LogP contribution < -0.4 is 10.5 Å². The number of benzene rings is 2. The van der Waals surface area contributed by atoms with Gasteiger partial charge < -0.3 is 10.5 Å². The number of aryl methyl sites for hydroxylation is 1. The molecule has 3 heteroatoms. The minimum absolute atomic E-state index is 0.195. The molecule has 1 atom stereocenters. The van der Waals surface area contributed by atoms with E-state index in [1.54, 1.807) is 12.1 Å². The van der Waals surface area contributed by atoms with Crippen molar-refractivity contribution in [3.8, 4) is 5.75 Å². The Labute approximate surface area is 119 Å². The average Bonchev–Trinajstić information content (AvgIpc) is 2.47. The molecule has 0 aliphatic rings. The zero-order valence-corrected chi connectivity index (χ0v) is 11.7. The minimum atomic E-state index is -0.222. The van der Waals surface area contributed by atoms with Crippen LogP contribution in [-0.4, -0.2) is 13.2 Å². The lowest BCUT2D eigenvalue weighted by Crippen LogP contribution is -2.15. The van der Waals surface area contributed by atoms with Gasteiger partial charge in [0.1, 0.15) is 11.6 Å². The number of hydrogen-bond donors (Lipinski definition) is 1. The van der Waals surface area contributed by atoms with Crippen molar-refractivity contribution in [3.63, 3.8) is 0 Å². The maximum absolute atomic E-state index is 12.9. The predicted octanol–water partition coefficient (Wildman–Crippen LogP) is 3.65. The van der Waals surface area contributed by atoms with Gasteiger partial charge in [0, 0.05) is 0 Å². The highest BCUT2D eigenvalue weighted by molar-refractivity contribution is 5.26. The number of ether oxygens (including phenoxy) is 1. The van der Waals surface area contributed by atoms with E-state index in [4.69, 9.17) is 10.5 Å². The van der Waals surface area contributed by atoms with Crippen molar-refractivity contribution >= 4 is 0 Å². The fourth-order valence-corrected chi connectivity index (χ4v) is 2.11. The van der Waals surface area contributed by atoms with Crippen LogP contribution in [0.2, 0.25) is 0 Å². The molecule has 0 amide bonds. The number of hydrogen-bond acceptors (Lipinski definition) is 2. The molecule has 2 aromatic rings. The molecule has 0 aliphatic heterocycles. The van der Waals surface area contributed by atoms with Gasteiger partial charge in [0.05, 0.1) is 6.61 Å². The third-order valence-electron chi connectivity index (χ3n) is 3.38. The smallest absolute Gasteiger partial charge is 0.123 e. The quantitative estimate of drug-likeness (QED) is 0.872. The van der Waals surface area contributed by atoms with Gasteiger partial charge in [0.25, 0.3) is 0 Å². The summed E-state index contributed by atoms with van der Waals surface area (Å²) in [6.07, 6.45) is 0.815. The topological polar surface area (TPSA) is 35.2 Å². The molecule has 2 nitrogen and oxygen atoms in total. The highest BCUT2D eigenvalue weighted by Crippen LogP contribution is 2.20. The second-order valence-electron chi connectivity index (χ2n) is 4.93. The van der Waals surface area contributed by atoms with Gasteiger partial charge in [-0.3, -0.25) is 0 Å². The zero-order valence-electron chi connectivity index (χ0n) is 11.7. The Morgan fingerprint density at radius 3 is 2.30 bits per heavy atom. The molecular weight excluding hydrogens is 253 g/mol. The van der Waals surface area contributed by atoms with E-state index < -0.39 is 0 Å². The maximum atomic E-state index is 12.9. The first-order valence-corrected chi connectivity index (χ1v) is 6.84. The Morgan fingerprint density at radius 2 is 1.70 bits per heavy atom. The SMILES string of the molecule is Cc1ccc(OCCC(CN)c2ccc(F)cc2)cc1. The monoisotopic (exact) mass is 273 g/mol. The maximum Gasteiger partial charge on any atom is 0.123 e. The molecule has 0 saturated heterocycles. The summed E-state index contributed by atoms with van der Waals surface area (Å²) in [5, 5.41) is 0. The van der Waals surface area contributed by atoms with Crippen molar-refractivity contribution in [2.45, 2.75) is 19.3 Å². The van der Waals surface area contributed by atoms with Gasteiger partial charge in [0.15, 0.2) is 0 Å². The van der Waals surface area contributed by atoms with Gasteiger partial charge in [-0.1, -0.05) is 29.8 Å². The molecule has 0 fully saturated rings. The molecule has 0 aliphatic carbocycles. The first-order chi connectivity index (χ1) is 9.69. The summed E-state index contributed by atoms with van der Waals surface area (Å²) in [4.78, 5) is 0. The Balaban J connectivity index is 1.87. The van der Waals surface area contributed by atoms with Gasteiger partial charge in [0.2, 0.25) is 0 Å². The van der Waals surface area contributed by atoms with E-state index in [-0.39, 0.29) is 11.7 Å². The molecule has 20 heavy (non-hydrogen) atoms. The molecule has 106 valence electrons. The summed E-state index contributed by atoms with van der Waals surface area (Å²) < 4.78 is 18.6. The van der Waals surface area contributed by atoms with E-state index in [9.17, 15) is 4.39 Å². The van der Waals surface area contributed by atoms with Crippen LogP contribution in [-0.2, 0) is 0 Å². The molecule has 0 spiro atoms. The minimum Gasteiger partial charge on any atom is -0.494 e. The summed E-state index contributed by atoms with van der Waals surface area (Å²) in [6.45, 7) is 3.17. The van der Waals surface area contributed by atoms with Crippen molar-refractivity contribution in [2.75, 3.05) is 13.2 Å². The zero-order chi connectivity index (χ0) is 14.4. The fourth-order valence-electron chi connectivity index (χ4n) is 2.11. The van der Waals surface area contributed by atoms with Crippen LogP contribution in [0.4, 0.5) is 4.39 Å². The fraction of sp³-hybridized carbons (Fsp3) is 0.294. The van der Waals surface area contributed by atoms with E-state index in [0.29, 0.717) is 13.2 Å². The lowest BCUT2D eigenvalue weighted by molar-refractivity contribution is 0.298. The third-order valence-corrected chi connectivity index (χ3v) is 3.38. The summed E-state index contributed by atoms with van der Waals surface area (Å²) in [5.41, 5.74) is 8.06. The van der Waals surface area contributed by atoms with Crippen LogP contribution in [0.1, 0.15) is 23.5 Å². The standard InChI is InChI=1S/C17H20FNO/c1-13-2-8-17(9-3-13)20-11-10-15(12-19)14-4-6-16(18)7-5-14/h2-9,15H,10-12,19H2,1H3. The third kappa shape index (κ3) is 4.07. The summed E-state index contributed by atoms with van der Waals surface area (Å²) in [6, 6.07) is 14.5. The van der Waals surface area contributed by atoms with Gasteiger partial charge in [-0.15, -0.1) is 0 Å². The lowest BCUT2D eigenvalue weighted by atomic mass is 9.96. The van der Waals surface area contributed by atoms with Crippen molar-refractivity contribution < 1.29 is 9.13 Å². The molecule has 0 bridgehead atoms. The van der Waals surface area contributed by atoms with Crippen molar-refractivity contribution in [1.82, 2.24) is 0 Å². The van der Waals surface area contributed by atoms with Crippen LogP contribution >= 0.6 is 0 Å². The van der Waals surface area contributed by atoms with Gasteiger partial charge in [-0.25, -0.2) is 4.39 Å². The predicted molar refractivity (Wildman–Crippen MR) is 79.5 cm³/mol. The summed E-state index contributed by atoms with van der Waals surface area (Å²) in [5.74, 6) is 0.840. The van der Waals surface area contributed by atoms with E-state index in [1.165, 1.54) is 17.7 Å². The van der Waals surface area contributed by atoms with E-state index in [2.05, 4.69) is 0 Å². The molecule has 2 aromatic carbocycles. The summed E-state index contributed by atoms with van der Waals surface area (Å²) >= 11 is 0. The van der Waals surface area contributed by atoms with E-state index in [1.807, 2.05) is 31.2 Å². The van der Waals surface area contributed by atoms with Crippen molar-refractivity contribution in [3.05, 3.63) is 65.5 Å².